The molecular formula is C16H17N5. The van der Waals surface area contributed by atoms with Crippen LogP contribution in [0.5, 0.6) is 0 Å². The van der Waals surface area contributed by atoms with Gasteiger partial charge in [-0.15, -0.1) is 0 Å². The highest BCUT2D eigenvalue weighted by Crippen LogP contribution is 2.16. The second-order valence-corrected chi connectivity index (χ2v) is 5.14. The second-order valence-electron chi connectivity index (χ2n) is 5.14. The van der Waals surface area contributed by atoms with Crippen LogP contribution in [0.1, 0.15) is 11.3 Å². The normalized spacial score (nSPS) is 15.7. The molecule has 0 unspecified atom stereocenters. The van der Waals surface area contributed by atoms with E-state index in [-0.39, 0.29) is 0 Å². The van der Waals surface area contributed by atoms with Gasteiger partial charge in [0.1, 0.15) is 11.8 Å². The predicted octanol–water partition coefficient (Wildman–Crippen LogP) is 1.67. The third kappa shape index (κ3) is 3.36. The molecule has 1 saturated heterocycles. The molecule has 0 radical (unpaired) electrons. The lowest BCUT2D eigenvalue weighted by Gasteiger charge is -2.35. The van der Waals surface area contributed by atoms with Crippen LogP contribution in [0.4, 0.5) is 5.69 Å². The second kappa shape index (κ2) is 6.33. The summed E-state index contributed by atoms with van der Waals surface area (Å²) in [5.74, 6) is 0. The summed E-state index contributed by atoms with van der Waals surface area (Å²) in [6.07, 6.45) is 5.52. The molecule has 3 rings (SSSR count). The maximum atomic E-state index is 8.78. The lowest BCUT2D eigenvalue weighted by atomic mass is 10.2. The van der Waals surface area contributed by atoms with Gasteiger partial charge < -0.3 is 4.90 Å². The molecule has 2 aromatic heterocycles. The number of pyridine rings is 2. The van der Waals surface area contributed by atoms with Crippen molar-refractivity contribution in [2.24, 2.45) is 0 Å². The van der Waals surface area contributed by atoms with E-state index in [0.29, 0.717) is 5.69 Å². The lowest BCUT2D eigenvalue weighted by Crippen LogP contribution is -2.46. The van der Waals surface area contributed by atoms with E-state index in [1.54, 1.807) is 18.5 Å². The highest BCUT2D eigenvalue weighted by Gasteiger charge is 2.17. The van der Waals surface area contributed by atoms with Crippen molar-refractivity contribution in [2.75, 3.05) is 31.1 Å². The van der Waals surface area contributed by atoms with Crippen LogP contribution in [0.25, 0.3) is 0 Å². The van der Waals surface area contributed by atoms with E-state index in [0.717, 1.165) is 38.4 Å². The van der Waals surface area contributed by atoms with E-state index in [4.69, 9.17) is 5.26 Å². The fourth-order valence-corrected chi connectivity index (χ4v) is 2.55. The average molecular weight is 279 g/mol. The molecule has 5 heteroatoms. The summed E-state index contributed by atoms with van der Waals surface area (Å²) in [5, 5.41) is 8.78. The van der Waals surface area contributed by atoms with Crippen LogP contribution >= 0.6 is 0 Å². The van der Waals surface area contributed by atoms with E-state index >= 15 is 0 Å². The Labute approximate surface area is 124 Å². The van der Waals surface area contributed by atoms with Crippen LogP contribution in [0.2, 0.25) is 0 Å². The van der Waals surface area contributed by atoms with Gasteiger partial charge in [0.25, 0.3) is 0 Å². The molecular weight excluding hydrogens is 262 g/mol. The Balaban J connectivity index is 1.56. The maximum Gasteiger partial charge on any atom is 0.140 e. The highest BCUT2D eigenvalue weighted by molar-refractivity contribution is 5.46. The first-order valence-corrected chi connectivity index (χ1v) is 7.07. The molecule has 21 heavy (non-hydrogen) atoms. The Kier molecular flexibility index (Phi) is 4.08. The topological polar surface area (TPSA) is 56.1 Å². The summed E-state index contributed by atoms with van der Waals surface area (Å²) in [6, 6.07) is 9.89. The Bertz CT molecular complexity index is 609. The standard InChI is InChI=1S/C16H17N5/c17-10-15-3-4-16(12-19-15)21-8-6-20(7-9-21)13-14-2-1-5-18-11-14/h1-5,11-12H,6-9,13H2. The zero-order valence-corrected chi connectivity index (χ0v) is 11.8. The molecule has 1 fully saturated rings. The van der Waals surface area contributed by atoms with E-state index in [9.17, 15) is 0 Å². The molecule has 0 aliphatic carbocycles. The van der Waals surface area contributed by atoms with Crippen molar-refractivity contribution >= 4 is 5.69 Å². The summed E-state index contributed by atoms with van der Waals surface area (Å²) in [4.78, 5) is 13.0. The number of hydrogen-bond acceptors (Lipinski definition) is 5. The van der Waals surface area contributed by atoms with Gasteiger partial charge in [0.05, 0.1) is 11.9 Å². The van der Waals surface area contributed by atoms with E-state index in [1.165, 1.54) is 5.56 Å². The minimum atomic E-state index is 0.467. The minimum Gasteiger partial charge on any atom is -0.368 e. The van der Waals surface area contributed by atoms with Gasteiger partial charge in [-0.25, -0.2) is 4.98 Å². The fraction of sp³-hybridized carbons (Fsp3) is 0.312. The van der Waals surface area contributed by atoms with Crippen LogP contribution in [-0.4, -0.2) is 41.0 Å². The molecule has 0 spiro atoms. The summed E-state index contributed by atoms with van der Waals surface area (Å²) in [6.45, 7) is 4.96. The van der Waals surface area contributed by atoms with Gasteiger partial charge in [-0.2, -0.15) is 5.26 Å². The molecule has 0 amide bonds. The number of nitriles is 1. The molecule has 0 aromatic carbocycles. The summed E-state index contributed by atoms with van der Waals surface area (Å²) >= 11 is 0. The SMILES string of the molecule is N#Cc1ccc(N2CCN(Cc3cccnc3)CC2)cn1. The largest absolute Gasteiger partial charge is 0.368 e. The van der Waals surface area contributed by atoms with Crippen LogP contribution in [-0.2, 0) is 6.54 Å². The van der Waals surface area contributed by atoms with Gasteiger partial charge in [-0.05, 0) is 23.8 Å². The molecule has 0 atom stereocenters. The Hall–Kier alpha value is -2.45. The summed E-state index contributed by atoms with van der Waals surface area (Å²) < 4.78 is 0. The first-order valence-electron chi connectivity index (χ1n) is 7.07. The molecule has 0 N–H and O–H groups in total. The number of piperazine rings is 1. The molecule has 1 aliphatic rings. The average Bonchev–Trinajstić information content (AvgIpc) is 2.57. The minimum absolute atomic E-state index is 0.467. The van der Waals surface area contributed by atoms with Crippen LogP contribution < -0.4 is 4.90 Å². The number of anilines is 1. The van der Waals surface area contributed by atoms with E-state index < -0.39 is 0 Å². The monoisotopic (exact) mass is 279 g/mol. The van der Waals surface area contributed by atoms with Crippen molar-refractivity contribution in [1.82, 2.24) is 14.9 Å². The van der Waals surface area contributed by atoms with Crippen molar-refractivity contribution in [3.8, 4) is 6.07 Å². The fourth-order valence-electron chi connectivity index (χ4n) is 2.55. The Morgan fingerprint density at radius 1 is 1.10 bits per heavy atom. The van der Waals surface area contributed by atoms with E-state index in [2.05, 4.69) is 25.8 Å². The summed E-state index contributed by atoms with van der Waals surface area (Å²) in [5.41, 5.74) is 2.81. The predicted molar refractivity (Wildman–Crippen MR) is 80.7 cm³/mol. The highest BCUT2D eigenvalue weighted by atomic mass is 15.3. The van der Waals surface area contributed by atoms with Crippen molar-refractivity contribution in [1.29, 1.82) is 5.26 Å². The number of rotatable bonds is 3. The zero-order chi connectivity index (χ0) is 14.5. The summed E-state index contributed by atoms with van der Waals surface area (Å²) in [7, 11) is 0. The molecule has 106 valence electrons. The van der Waals surface area contributed by atoms with Gasteiger partial charge in [-0.3, -0.25) is 9.88 Å². The van der Waals surface area contributed by atoms with Gasteiger partial charge in [-0.1, -0.05) is 6.07 Å². The smallest absolute Gasteiger partial charge is 0.140 e. The van der Waals surface area contributed by atoms with Crippen LogP contribution in [0, 0.1) is 11.3 Å². The number of hydrogen-bond donors (Lipinski definition) is 0. The Morgan fingerprint density at radius 2 is 1.95 bits per heavy atom. The Morgan fingerprint density at radius 3 is 2.57 bits per heavy atom. The lowest BCUT2D eigenvalue weighted by molar-refractivity contribution is 0.249. The van der Waals surface area contributed by atoms with Gasteiger partial charge >= 0.3 is 0 Å². The van der Waals surface area contributed by atoms with Gasteiger partial charge in [0.15, 0.2) is 0 Å². The third-order valence-electron chi connectivity index (χ3n) is 3.73. The quantitative estimate of drug-likeness (QED) is 0.855. The van der Waals surface area contributed by atoms with Crippen LogP contribution in [0.15, 0.2) is 42.9 Å². The maximum absolute atomic E-state index is 8.78. The first-order chi connectivity index (χ1) is 10.3. The van der Waals surface area contributed by atoms with Crippen molar-refractivity contribution in [3.05, 3.63) is 54.1 Å². The van der Waals surface area contributed by atoms with Crippen molar-refractivity contribution in [2.45, 2.75) is 6.54 Å². The molecule has 3 heterocycles. The van der Waals surface area contributed by atoms with Gasteiger partial charge in [0, 0.05) is 45.1 Å². The molecule has 2 aromatic rings. The molecule has 1 aliphatic heterocycles. The number of nitrogens with zero attached hydrogens (tertiary/aromatic N) is 5. The van der Waals surface area contributed by atoms with Crippen molar-refractivity contribution in [3.63, 3.8) is 0 Å². The zero-order valence-electron chi connectivity index (χ0n) is 11.8. The van der Waals surface area contributed by atoms with Crippen LogP contribution in [0.3, 0.4) is 0 Å². The molecule has 0 saturated carbocycles. The van der Waals surface area contributed by atoms with E-state index in [1.807, 2.05) is 24.4 Å². The third-order valence-corrected chi connectivity index (χ3v) is 3.73. The first kappa shape index (κ1) is 13.5. The number of aromatic nitrogens is 2. The van der Waals surface area contributed by atoms with Crippen molar-refractivity contribution < 1.29 is 0 Å². The molecule has 0 bridgehead atoms. The van der Waals surface area contributed by atoms with Gasteiger partial charge in [0.2, 0.25) is 0 Å². The molecule has 5 nitrogen and oxygen atoms in total.